The van der Waals surface area contributed by atoms with Crippen molar-refractivity contribution in [2.75, 3.05) is 58.3 Å². The number of carbonyl (C=O) groups is 2. The zero-order valence-electron chi connectivity index (χ0n) is 25.5. The van der Waals surface area contributed by atoms with Gasteiger partial charge in [-0.05, 0) is 66.1 Å². The Labute approximate surface area is 281 Å². The molecule has 4 aromatic rings. The summed E-state index contributed by atoms with van der Waals surface area (Å²) in [5, 5.41) is 9.93. The molecule has 2 saturated heterocycles. The van der Waals surface area contributed by atoms with E-state index in [2.05, 4.69) is 14.9 Å². The van der Waals surface area contributed by atoms with Gasteiger partial charge in [0.15, 0.2) is 0 Å². The first-order chi connectivity index (χ1) is 22.8. The predicted molar refractivity (Wildman–Crippen MR) is 186 cm³/mol. The molecule has 3 aromatic carbocycles. The van der Waals surface area contributed by atoms with E-state index in [9.17, 15) is 9.59 Å². The molecule has 1 amide bonds. The summed E-state index contributed by atoms with van der Waals surface area (Å²) in [6.45, 7) is 5.28. The van der Waals surface area contributed by atoms with Gasteiger partial charge in [-0.1, -0.05) is 42.2 Å². The molecule has 11 nitrogen and oxygen atoms in total. The molecule has 2 aliphatic rings. The Morgan fingerprint density at radius 3 is 2.64 bits per heavy atom. The molecule has 13 heteroatoms. The minimum atomic E-state index is -0.992. The lowest BCUT2D eigenvalue weighted by Crippen LogP contribution is -2.38. The standard InChI is InChI=1S/C34H33N5O6S2/c35-33-36-21-25-4-3-24(20-28(25)37-33)27-18-22(2-9-29(27)45-17-13-38-11-15-43-16-12-38)19-30-31(40)39(34(46)47-30)10-1-14-44-26-7-5-23(6-8-26)32(41)42/h2-9,18-21H,1,10-17H2,(H,41,42)(H2,35,36,37). The molecule has 1 aromatic heterocycles. The van der Waals surface area contributed by atoms with Crippen LogP contribution in [-0.2, 0) is 9.53 Å². The van der Waals surface area contributed by atoms with E-state index in [-0.39, 0.29) is 17.4 Å². The number of hydrogen-bond acceptors (Lipinski definition) is 11. The predicted octanol–water partition coefficient (Wildman–Crippen LogP) is 4.96. The van der Waals surface area contributed by atoms with E-state index in [4.69, 9.17) is 37.3 Å². The van der Waals surface area contributed by atoms with Crippen molar-refractivity contribution >= 4 is 63.1 Å². The van der Waals surface area contributed by atoms with Crippen molar-refractivity contribution in [3.05, 3.63) is 82.9 Å². The second-order valence-electron chi connectivity index (χ2n) is 10.9. The van der Waals surface area contributed by atoms with Gasteiger partial charge in [-0.3, -0.25) is 14.6 Å². The number of rotatable bonds is 12. The Kier molecular flexibility index (Phi) is 10.3. The van der Waals surface area contributed by atoms with Gasteiger partial charge in [-0.25, -0.2) is 14.8 Å². The van der Waals surface area contributed by atoms with E-state index in [0.29, 0.717) is 41.2 Å². The molecule has 3 heterocycles. The Hall–Kier alpha value is -4.56. The van der Waals surface area contributed by atoms with Crippen LogP contribution in [0.1, 0.15) is 22.3 Å². The lowest BCUT2D eigenvalue weighted by molar-refractivity contribution is -0.122. The van der Waals surface area contributed by atoms with Gasteiger partial charge < -0.3 is 25.1 Å². The average molecular weight is 672 g/mol. The maximum absolute atomic E-state index is 13.4. The molecule has 47 heavy (non-hydrogen) atoms. The second kappa shape index (κ2) is 14.9. The Morgan fingerprint density at radius 2 is 1.85 bits per heavy atom. The van der Waals surface area contributed by atoms with Crippen LogP contribution in [0.4, 0.5) is 5.95 Å². The van der Waals surface area contributed by atoms with E-state index in [1.807, 2.05) is 42.5 Å². The number of nitrogen functional groups attached to an aromatic ring is 1. The third-order valence-corrected chi connectivity index (χ3v) is 9.13. The molecular weight excluding hydrogens is 639 g/mol. The Bertz CT molecular complexity index is 1830. The molecule has 0 bridgehead atoms. The summed E-state index contributed by atoms with van der Waals surface area (Å²) in [4.78, 5) is 37.3. The van der Waals surface area contributed by atoms with E-state index in [0.717, 1.165) is 66.2 Å². The molecule has 3 N–H and O–H groups in total. The number of hydrogen-bond donors (Lipinski definition) is 2. The molecule has 0 radical (unpaired) electrons. The number of nitrogens with zero attached hydrogens (tertiary/aromatic N) is 4. The van der Waals surface area contributed by atoms with Crippen LogP contribution < -0.4 is 15.2 Å². The molecule has 0 unspecified atom stereocenters. The first-order valence-electron chi connectivity index (χ1n) is 15.2. The van der Waals surface area contributed by atoms with Crippen molar-refractivity contribution in [3.8, 4) is 22.6 Å². The molecule has 2 fully saturated rings. The second-order valence-corrected chi connectivity index (χ2v) is 12.6. The van der Waals surface area contributed by atoms with Crippen molar-refractivity contribution in [1.29, 1.82) is 0 Å². The SMILES string of the molecule is Nc1ncc2ccc(-c3cc(C=C4SC(=S)N(CCCOc5ccc(C(=O)O)cc5)C4=O)ccc3OCCN3CCOCC3)cc2n1. The number of carboxylic acid groups (broad SMARTS) is 1. The molecule has 0 saturated carbocycles. The van der Waals surface area contributed by atoms with Crippen LogP contribution in [0.2, 0.25) is 0 Å². The maximum Gasteiger partial charge on any atom is 0.335 e. The van der Waals surface area contributed by atoms with Crippen LogP contribution in [0.15, 0.2) is 71.8 Å². The van der Waals surface area contributed by atoms with Gasteiger partial charge in [0.1, 0.15) is 22.4 Å². The number of carbonyl (C=O) groups excluding carboxylic acids is 1. The number of fused-ring (bicyclic) bond motifs is 1. The van der Waals surface area contributed by atoms with Gasteiger partial charge in [-0.2, -0.15) is 0 Å². The van der Waals surface area contributed by atoms with Crippen molar-refractivity contribution in [2.45, 2.75) is 6.42 Å². The zero-order valence-corrected chi connectivity index (χ0v) is 27.1. The Balaban J connectivity index is 1.16. The maximum atomic E-state index is 13.4. The summed E-state index contributed by atoms with van der Waals surface area (Å²) in [7, 11) is 0. The van der Waals surface area contributed by atoms with Gasteiger partial charge in [0.05, 0.1) is 35.8 Å². The van der Waals surface area contributed by atoms with Gasteiger partial charge in [0.2, 0.25) is 5.95 Å². The Morgan fingerprint density at radius 1 is 1.04 bits per heavy atom. The van der Waals surface area contributed by atoms with Crippen LogP contribution in [0.5, 0.6) is 11.5 Å². The quantitative estimate of drug-likeness (QED) is 0.120. The normalized spacial score (nSPS) is 16.3. The lowest BCUT2D eigenvalue weighted by atomic mass is 10.00. The third-order valence-electron chi connectivity index (χ3n) is 7.75. The lowest BCUT2D eigenvalue weighted by Gasteiger charge is -2.26. The van der Waals surface area contributed by atoms with Crippen LogP contribution in [0, 0.1) is 0 Å². The number of thiocarbonyl (C=S) groups is 1. The van der Waals surface area contributed by atoms with Crippen LogP contribution in [0.3, 0.4) is 0 Å². The fraction of sp³-hybridized carbons (Fsp3) is 0.265. The fourth-order valence-corrected chi connectivity index (χ4v) is 6.56. The van der Waals surface area contributed by atoms with Crippen LogP contribution in [0.25, 0.3) is 28.1 Å². The fourth-order valence-electron chi connectivity index (χ4n) is 5.25. The highest BCUT2D eigenvalue weighted by atomic mass is 32.2. The molecule has 0 spiro atoms. The summed E-state index contributed by atoms with van der Waals surface area (Å²) in [5.74, 6) is 0.339. The number of thioether (sulfide) groups is 1. The van der Waals surface area contributed by atoms with Gasteiger partial charge in [0, 0.05) is 43.3 Å². The highest BCUT2D eigenvalue weighted by Crippen LogP contribution is 2.36. The number of nitrogens with two attached hydrogens (primary N) is 1. The summed E-state index contributed by atoms with van der Waals surface area (Å²) >= 11 is 6.82. The summed E-state index contributed by atoms with van der Waals surface area (Å²) in [5.41, 5.74) is 9.38. The number of morpholine rings is 1. The zero-order chi connectivity index (χ0) is 32.8. The van der Waals surface area contributed by atoms with E-state index in [1.54, 1.807) is 23.2 Å². The first kappa shape index (κ1) is 32.4. The van der Waals surface area contributed by atoms with Crippen LogP contribution in [-0.4, -0.2) is 93.7 Å². The summed E-state index contributed by atoms with van der Waals surface area (Å²) in [6, 6.07) is 18.0. The molecule has 0 atom stereocenters. The average Bonchev–Trinajstić information content (AvgIpc) is 3.34. The number of carboxylic acids is 1. The summed E-state index contributed by atoms with van der Waals surface area (Å²) in [6.07, 6.45) is 4.10. The molecule has 0 aliphatic carbocycles. The molecular formula is C34H33N5O6S2. The molecule has 6 rings (SSSR count). The summed E-state index contributed by atoms with van der Waals surface area (Å²) < 4.78 is 18.0. The number of ether oxygens (including phenoxy) is 3. The van der Waals surface area contributed by atoms with Gasteiger partial charge >= 0.3 is 5.97 Å². The minimum absolute atomic E-state index is 0.156. The topological polar surface area (TPSA) is 140 Å². The largest absolute Gasteiger partial charge is 0.494 e. The van der Waals surface area contributed by atoms with Crippen molar-refractivity contribution in [2.24, 2.45) is 0 Å². The van der Waals surface area contributed by atoms with Crippen molar-refractivity contribution in [3.63, 3.8) is 0 Å². The van der Waals surface area contributed by atoms with Crippen LogP contribution >= 0.6 is 24.0 Å². The number of aromatic carboxylic acids is 1. The van der Waals surface area contributed by atoms with E-state index in [1.165, 1.54) is 23.9 Å². The smallest absolute Gasteiger partial charge is 0.335 e. The number of aromatic nitrogens is 2. The van der Waals surface area contributed by atoms with Crippen molar-refractivity contribution in [1.82, 2.24) is 19.8 Å². The van der Waals surface area contributed by atoms with E-state index < -0.39 is 5.97 Å². The number of anilines is 1. The van der Waals surface area contributed by atoms with Gasteiger partial charge in [-0.15, -0.1) is 0 Å². The molecule has 242 valence electrons. The highest BCUT2D eigenvalue weighted by Gasteiger charge is 2.31. The highest BCUT2D eigenvalue weighted by molar-refractivity contribution is 8.26. The molecule has 2 aliphatic heterocycles. The van der Waals surface area contributed by atoms with E-state index >= 15 is 0 Å². The van der Waals surface area contributed by atoms with Crippen molar-refractivity contribution < 1.29 is 28.9 Å². The van der Waals surface area contributed by atoms with Gasteiger partial charge in [0.25, 0.3) is 5.91 Å². The number of amides is 1. The third kappa shape index (κ3) is 8.06. The number of benzene rings is 3. The monoisotopic (exact) mass is 671 g/mol. The first-order valence-corrected chi connectivity index (χ1v) is 16.4. The minimum Gasteiger partial charge on any atom is -0.494 e.